The minimum atomic E-state index is -0.691. The fourth-order valence-electron chi connectivity index (χ4n) is 1.92. The molecule has 6 heteroatoms. The van der Waals surface area contributed by atoms with Crippen molar-refractivity contribution in [3.63, 3.8) is 0 Å². The molecule has 5 nitrogen and oxygen atoms in total. The Kier molecular flexibility index (Phi) is 4.02. The zero-order valence-corrected chi connectivity index (χ0v) is 11.6. The van der Waals surface area contributed by atoms with Crippen LogP contribution in [0.3, 0.4) is 0 Å². The van der Waals surface area contributed by atoms with Crippen molar-refractivity contribution in [2.75, 3.05) is 12.4 Å². The Morgan fingerprint density at radius 3 is 2.85 bits per heavy atom. The first kappa shape index (κ1) is 14.0. The van der Waals surface area contributed by atoms with Crippen molar-refractivity contribution in [1.29, 1.82) is 0 Å². The van der Waals surface area contributed by atoms with Crippen LogP contribution in [0.4, 0.5) is 10.1 Å². The van der Waals surface area contributed by atoms with Crippen LogP contribution in [-0.4, -0.2) is 22.9 Å². The molecule has 0 unspecified atom stereocenters. The SMILES string of the molecule is COC(=O)c1cc(NCc2cn(C)nc2C)ccc1F. The van der Waals surface area contributed by atoms with Crippen molar-refractivity contribution in [3.8, 4) is 0 Å². The standard InChI is InChI=1S/C14H16FN3O2/c1-9-10(8-18(2)17-9)7-16-11-4-5-13(15)12(6-11)14(19)20-3/h4-6,8,16H,7H2,1-3H3. The van der Waals surface area contributed by atoms with Crippen LogP contribution in [0.15, 0.2) is 24.4 Å². The summed E-state index contributed by atoms with van der Waals surface area (Å²) in [6, 6.07) is 4.25. The highest BCUT2D eigenvalue weighted by Gasteiger charge is 2.12. The van der Waals surface area contributed by atoms with Gasteiger partial charge >= 0.3 is 5.97 Å². The highest BCUT2D eigenvalue weighted by atomic mass is 19.1. The van der Waals surface area contributed by atoms with Gasteiger partial charge in [0.1, 0.15) is 5.82 Å². The van der Waals surface area contributed by atoms with Gasteiger partial charge in [-0.25, -0.2) is 9.18 Å². The lowest BCUT2D eigenvalue weighted by molar-refractivity contribution is 0.0595. The highest BCUT2D eigenvalue weighted by molar-refractivity contribution is 5.90. The number of methoxy groups -OCH3 is 1. The van der Waals surface area contributed by atoms with Crippen molar-refractivity contribution in [3.05, 3.63) is 47.0 Å². The number of nitrogens with one attached hydrogen (secondary N) is 1. The van der Waals surface area contributed by atoms with Crippen LogP contribution in [-0.2, 0) is 18.3 Å². The summed E-state index contributed by atoms with van der Waals surface area (Å²) < 4.78 is 19.8. The maximum atomic E-state index is 13.5. The Hall–Kier alpha value is -2.37. The van der Waals surface area contributed by atoms with Gasteiger partial charge in [-0.2, -0.15) is 5.10 Å². The number of nitrogens with zero attached hydrogens (tertiary/aromatic N) is 2. The van der Waals surface area contributed by atoms with E-state index in [2.05, 4.69) is 15.2 Å². The molecule has 0 aliphatic rings. The first-order valence-corrected chi connectivity index (χ1v) is 6.12. The van der Waals surface area contributed by atoms with E-state index >= 15 is 0 Å². The Morgan fingerprint density at radius 1 is 1.50 bits per heavy atom. The predicted octanol–water partition coefficient (Wildman–Crippen LogP) is 2.27. The largest absolute Gasteiger partial charge is 0.465 e. The summed E-state index contributed by atoms with van der Waals surface area (Å²) in [5.41, 5.74) is 2.53. The molecule has 0 amide bonds. The lowest BCUT2D eigenvalue weighted by Crippen LogP contribution is -2.06. The summed E-state index contributed by atoms with van der Waals surface area (Å²) in [5, 5.41) is 7.37. The fourth-order valence-corrected chi connectivity index (χ4v) is 1.92. The number of hydrogen-bond acceptors (Lipinski definition) is 4. The van der Waals surface area contributed by atoms with E-state index in [4.69, 9.17) is 0 Å². The third kappa shape index (κ3) is 2.96. The fraction of sp³-hybridized carbons (Fsp3) is 0.286. The topological polar surface area (TPSA) is 56.1 Å². The number of benzene rings is 1. The monoisotopic (exact) mass is 277 g/mol. The Balaban J connectivity index is 2.14. The van der Waals surface area contributed by atoms with E-state index in [1.807, 2.05) is 20.2 Å². The van der Waals surface area contributed by atoms with Gasteiger partial charge in [-0.05, 0) is 25.1 Å². The van der Waals surface area contributed by atoms with Gasteiger partial charge in [-0.1, -0.05) is 0 Å². The van der Waals surface area contributed by atoms with E-state index < -0.39 is 11.8 Å². The van der Waals surface area contributed by atoms with Crippen molar-refractivity contribution in [2.45, 2.75) is 13.5 Å². The van der Waals surface area contributed by atoms with Crippen LogP contribution < -0.4 is 5.32 Å². The zero-order chi connectivity index (χ0) is 14.7. The lowest BCUT2D eigenvalue weighted by Gasteiger charge is -2.08. The second-order valence-corrected chi connectivity index (χ2v) is 4.45. The molecule has 1 heterocycles. The molecule has 20 heavy (non-hydrogen) atoms. The number of halogens is 1. The van der Waals surface area contributed by atoms with Crippen molar-refractivity contribution >= 4 is 11.7 Å². The molecule has 1 N–H and O–H groups in total. The van der Waals surface area contributed by atoms with Crippen molar-refractivity contribution in [1.82, 2.24) is 9.78 Å². The number of rotatable bonds is 4. The lowest BCUT2D eigenvalue weighted by atomic mass is 10.2. The van der Waals surface area contributed by atoms with E-state index in [9.17, 15) is 9.18 Å². The van der Waals surface area contributed by atoms with Gasteiger partial charge in [-0.3, -0.25) is 4.68 Å². The maximum absolute atomic E-state index is 13.5. The van der Waals surface area contributed by atoms with E-state index in [0.717, 1.165) is 11.3 Å². The molecule has 0 aliphatic heterocycles. The van der Waals surface area contributed by atoms with Crippen LogP contribution in [0.5, 0.6) is 0 Å². The molecule has 0 saturated carbocycles. The first-order valence-electron chi connectivity index (χ1n) is 6.12. The maximum Gasteiger partial charge on any atom is 0.340 e. The van der Waals surface area contributed by atoms with Crippen LogP contribution in [0, 0.1) is 12.7 Å². The molecule has 0 bridgehead atoms. The Bertz CT molecular complexity index is 637. The van der Waals surface area contributed by atoms with E-state index in [1.165, 1.54) is 19.2 Å². The molecule has 0 saturated heterocycles. The number of carbonyl (C=O) groups is 1. The summed E-state index contributed by atoms with van der Waals surface area (Å²) in [6.07, 6.45) is 1.91. The first-order chi connectivity index (χ1) is 9.51. The average molecular weight is 277 g/mol. The molecule has 1 aromatic carbocycles. The van der Waals surface area contributed by atoms with Gasteiger partial charge in [0.2, 0.25) is 0 Å². The molecule has 0 spiro atoms. The van der Waals surface area contributed by atoms with Crippen LogP contribution >= 0.6 is 0 Å². The third-order valence-electron chi connectivity index (χ3n) is 2.97. The summed E-state index contributed by atoms with van der Waals surface area (Å²) >= 11 is 0. The molecule has 0 aliphatic carbocycles. The smallest absolute Gasteiger partial charge is 0.340 e. The van der Waals surface area contributed by atoms with Crippen LogP contribution in [0.2, 0.25) is 0 Å². The molecule has 2 rings (SSSR count). The van der Waals surface area contributed by atoms with Crippen molar-refractivity contribution < 1.29 is 13.9 Å². The Morgan fingerprint density at radius 2 is 2.25 bits per heavy atom. The Labute approximate surface area is 116 Å². The number of ether oxygens (including phenoxy) is 1. The zero-order valence-electron chi connectivity index (χ0n) is 11.6. The van der Waals surface area contributed by atoms with Gasteiger partial charge in [0.05, 0.1) is 18.4 Å². The van der Waals surface area contributed by atoms with E-state index in [-0.39, 0.29) is 5.56 Å². The minimum absolute atomic E-state index is 0.0830. The second kappa shape index (κ2) is 5.73. The number of carbonyl (C=O) groups excluding carboxylic acids is 1. The van der Waals surface area contributed by atoms with E-state index in [1.54, 1.807) is 10.7 Å². The average Bonchev–Trinajstić information content (AvgIpc) is 2.75. The normalized spacial score (nSPS) is 10.4. The molecular weight excluding hydrogens is 261 g/mol. The molecule has 2 aromatic rings. The summed E-state index contributed by atoms with van der Waals surface area (Å²) in [5.74, 6) is -1.29. The quantitative estimate of drug-likeness (QED) is 0.871. The van der Waals surface area contributed by atoms with Gasteiger partial charge in [-0.15, -0.1) is 0 Å². The number of esters is 1. The van der Waals surface area contributed by atoms with Crippen LogP contribution in [0.1, 0.15) is 21.6 Å². The van der Waals surface area contributed by atoms with E-state index in [0.29, 0.717) is 12.2 Å². The highest BCUT2D eigenvalue weighted by Crippen LogP contribution is 2.17. The summed E-state index contributed by atoms with van der Waals surface area (Å²) in [7, 11) is 3.07. The van der Waals surface area contributed by atoms with Gasteiger partial charge in [0.25, 0.3) is 0 Å². The molecular formula is C14H16FN3O2. The summed E-state index contributed by atoms with van der Waals surface area (Å²) in [6.45, 7) is 2.47. The number of anilines is 1. The minimum Gasteiger partial charge on any atom is -0.465 e. The summed E-state index contributed by atoms with van der Waals surface area (Å²) in [4.78, 5) is 11.4. The number of hydrogen-bond donors (Lipinski definition) is 1. The molecule has 0 radical (unpaired) electrons. The van der Waals surface area contributed by atoms with Gasteiger partial charge in [0, 0.05) is 31.0 Å². The molecule has 0 fully saturated rings. The molecule has 1 aromatic heterocycles. The molecule has 106 valence electrons. The van der Waals surface area contributed by atoms with Gasteiger partial charge < -0.3 is 10.1 Å². The number of aromatic nitrogens is 2. The van der Waals surface area contributed by atoms with Gasteiger partial charge in [0.15, 0.2) is 0 Å². The van der Waals surface area contributed by atoms with Crippen molar-refractivity contribution in [2.24, 2.45) is 7.05 Å². The number of aryl methyl sites for hydroxylation is 2. The van der Waals surface area contributed by atoms with Crippen LogP contribution in [0.25, 0.3) is 0 Å². The second-order valence-electron chi connectivity index (χ2n) is 4.45. The predicted molar refractivity (Wildman–Crippen MR) is 73.0 cm³/mol. The third-order valence-corrected chi connectivity index (χ3v) is 2.97. The molecule has 0 atom stereocenters.